The predicted molar refractivity (Wildman–Crippen MR) is 79.7 cm³/mol. The second kappa shape index (κ2) is 5.54. The van der Waals surface area contributed by atoms with Crippen molar-refractivity contribution in [2.45, 2.75) is 18.7 Å². The minimum absolute atomic E-state index is 0.128. The van der Waals surface area contributed by atoms with Gasteiger partial charge in [-0.1, -0.05) is 24.3 Å². The second-order valence-corrected chi connectivity index (χ2v) is 6.15. The third kappa shape index (κ3) is 2.77. The molecule has 0 amide bonds. The third-order valence-corrected chi connectivity index (χ3v) is 4.61. The van der Waals surface area contributed by atoms with Crippen LogP contribution in [0, 0.1) is 13.8 Å². The molecule has 0 atom stereocenters. The zero-order chi connectivity index (χ0) is 14.8. The van der Waals surface area contributed by atoms with E-state index in [9.17, 15) is 8.42 Å². The summed E-state index contributed by atoms with van der Waals surface area (Å²) in [6.07, 6.45) is 0. The van der Waals surface area contributed by atoms with Gasteiger partial charge >= 0.3 is 0 Å². The molecule has 0 aromatic heterocycles. The van der Waals surface area contributed by atoms with E-state index in [1.807, 2.05) is 26.0 Å². The number of sulfonamides is 1. The van der Waals surface area contributed by atoms with E-state index in [1.54, 1.807) is 24.3 Å². The van der Waals surface area contributed by atoms with Crippen molar-refractivity contribution in [2.24, 2.45) is 0 Å². The van der Waals surface area contributed by atoms with Crippen molar-refractivity contribution < 1.29 is 13.2 Å². The number of benzene rings is 2. The van der Waals surface area contributed by atoms with Gasteiger partial charge in [0.2, 0.25) is 0 Å². The highest BCUT2D eigenvalue weighted by atomic mass is 32.2. The van der Waals surface area contributed by atoms with Gasteiger partial charge in [-0.3, -0.25) is 4.72 Å². The van der Waals surface area contributed by atoms with Crippen molar-refractivity contribution in [3.05, 3.63) is 53.6 Å². The van der Waals surface area contributed by atoms with E-state index in [1.165, 1.54) is 13.2 Å². The van der Waals surface area contributed by atoms with Crippen LogP contribution < -0.4 is 9.46 Å². The fourth-order valence-electron chi connectivity index (χ4n) is 1.90. The summed E-state index contributed by atoms with van der Waals surface area (Å²) >= 11 is 0. The number of para-hydroxylation sites is 1. The maximum absolute atomic E-state index is 12.5. The Labute approximate surface area is 119 Å². The van der Waals surface area contributed by atoms with Gasteiger partial charge < -0.3 is 4.74 Å². The van der Waals surface area contributed by atoms with Crippen molar-refractivity contribution in [2.75, 3.05) is 11.8 Å². The van der Waals surface area contributed by atoms with Crippen molar-refractivity contribution in [1.82, 2.24) is 0 Å². The predicted octanol–water partition coefficient (Wildman–Crippen LogP) is 3.11. The monoisotopic (exact) mass is 291 g/mol. The first-order valence-electron chi connectivity index (χ1n) is 6.18. The Morgan fingerprint density at radius 3 is 2.40 bits per heavy atom. The minimum Gasteiger partial charge on any atom is -0.495 e. The highest BCUT2D eigenvalue weighted by Crippen LogP contribution is 2.27. The molecule has 0 heterocycles. The molecule has 0 aliphatic heterocycles. The molecule has 0 spiro atoms. The molecule has 1 N–H and O–H groups in total. The lowest BCUT2D eigenvalue weighted by atomic mass is 10.1. The molecule has 0 aliphatic rings. The van der Waals surface area contributed by atoms with E-state index < -0.39 is 10.0 Å². The van der Waals surface area contributed by atoms with Crippen LogP contribution in [0.3, 0.4) is 0 Å². The number of hydrogen-bond acceptors (Lipinski definition) is 3. The molecule has 0 fully saturated rings. The molecule has 2 aromatic rings. The van der Waals surface area contributed by atoms with Gasteiger partial charge in [-0.25, -0.2) is 8.42 Å². The first-order chi connectivity index (χ1) is 9.45. The van der Waals surface area contributed by atoms with Crippen LogP contribution in [0.2, 0.25) is 0 Å². The molecule has 20 heavy (non-hydrogen) atoms. The van der Waals surface area contributed by atoms with Gasteiger partial charge in [0.15, 0.2) is 0 Å². The first-order valence-corrected chi connectivity index (χ1v) is 7.66. The molecule has 0 radical (unpaired) electrons. The van der Waals surface area contributed by atoms with Crippen LogP contribution in [0.1, 0.15) is 11.1 Å². The van der Waals surface area contributed by atoms with E-state index >= 15 is 0 Å². The average Bonchev–Trinajstić information content (AvgIpc) is 2.43. The van der Waals surface area contributed by atoms with Crippen LogP contribution in [0.5, 0.6) is 5.75 Å². The zero-order valence-corrected chi connectivity index (χ0v) is 12.5. The number of anilines is 1. The average molecular weight is 291 g/mol. The first kappa shape index (κ1) is 14.4. The van der Waals surface area contributed by atoms with Gasteiger partial charge in [0, 0.05) is 0 Å². The van der Waals surface area contributed by atoms with Crippen molar-refractivity contribution in [1.29, 1.82) is 0 Å². The number of rotatable bonds is 4. The summed E-state index contributed by atoms with van der Waals surface area (Å²) in [5.41, 5.74) is 2.52. The highest BCUT2D eigenvalue weighted by Gasteiger charge is 2.19. The summed E-state index contributed by atoms with van der Waals surface area (Å²) in [4.78, 5) is 0.128. The molecular weight excluding hydrogens is 274 g/mol. The molecule has 106 valence electrons. The van der Waals surface area contributed by atoms with Gasteiger partial charge in [-0.2, -0.15) is 0 Å². The molecule has 0 saturated heterocycles. The van der Waals surface area contributed by atoms with Crippen LogP contribution >= 0.6 is 0 Å². The van der Waals surface area contributed by atoms with Gasteiger partial charge in [0.25, 0.3) is 10.0 Å². The topological polar surface area (TPSA) is 55.4 Å². The number of nitrogens with one attached hydrogen (secondary N) is 1. The molecule has 4 nitrogen and oxygen atoms in total. The van der Waals surface area contributed by atoms with Crippen LogP contribution in [0.25, 0.3) is 0 Å². The van der Waals surface area contributed by atoms with Crippen molar-refractivity contribution in [3.8, 4) is 5.75 Å². The standard InChI is InChI=1S/C15H17NO3S/c1-11-7-6-8-13(12(11)2)16-20(17,18)15-10-5-4-9-14(15)19-3/h4-10,16H,1-3H3. The fraction of sp³-hybridized carbons (Fsp3) is 0.200. The fourth-order valence-corrected chi connectivity index (χ4v) is 3.20. The maximum atomic E-state index is 12.5. The van der Waals surface area contributed by atoms with Crippen LogP contribution in [0.4, 0.5) is 5.69 Å². The van der Waals surface area contributed by atoms with Crippen LogP contribution in [0.15, 0.2) is 47.4 Å². The molecule has 5 heteroatoms. The van der Waals surface area contributed by atoms with Crippen LogP contribution in [-0.4, -0.2) is 15.5 Å². The zero-order valence-electron chi connectivity index (χ0n) is 11.7. The molecule has 0 aliphatic carbocycles. The second-order valence-electron chi connectivity index (χ2n) is 4.50. The van der Waals surface area contributed by atoms with E-state index in [4.69, 9.17) is 4.74 Å². The highest BCUT2D eigenvalue weighted by molar-refractivity contribution is 7.92. The minimum atomic E-state index is -3.67. The largest absolute Gasteiger partial charge is 0.495 e. The number of aryl methyl sites for hydroxylation is 1. The Balaban J connectivity index is 2.44. The molecular formula is C15H17NO3S. The number of methoxy groups -OCH3 is 1. The lowest BCUT2D eigenvalue weighted by molar-refractivity contribution is 0.403. The molecule has 2 rings (SSSR count). The lowest BCUT2D eigenvalue weighted by Crippen LogP contribution is -2.15. The van der Waals surface area contributed by atoms with Gasteiger partial charge in [-0.05, 0) is 43.2 Å². The molecule has 0 unspecified atom stereocenters. The smallest absolute Gasteiger partial charge is 0.265 e. The van der Waals surface area contributed by atoms with E-state index in [2.05, 4.69) is 4.72 Å². The normalized spacial score (nSPS) is 11.2. The summed E-state index contributed by atoms with van der Waals surface area (Å²) in [5, 5.41) is 0. The maximum Gasteiger partial charge on any atom is 0.265 e. The Morgan fingerprint density at radius 1 is 1.00 bits per heavy atom. The SMILES string of the molecule is COc1ccccc1S(=O)(=O)Nc1cccc(C)c1C. The summed E-state index contributed by atoms with van der Waals surface area (Å²) in [6.45, 7) is 3.83. The molecule has 0 bridgehead atoms. The van der Waals surface area contributed by atoms with Gasteiger partial charge in [0.1, 0.15) is 10.6 Å². The lowest BCUT2D eigenvalue weighted by Gasteiger charge is -2.14. The summed E-state index contributed by atoms with van der Waals surface area (Å²) in [5.74, 6) is 0.324. The molecule has 2 aromatic carbocycles. The Morgan fingerprint density at radius 2 is 1.70 bits per heavy atom. The van der Waals surface area contributed by atoms with E-state index in [-0.39, 0.29) is 4.90 Å². The number of ether oxygens (including phenoxy) is 1. The van der Waals surface area contributed by atoms with Crippen LogP contribution in [-0.2, 0) is 10.0 Å². The van der Waals surface area contributed by atoms with Gasteiger partial charge in [-0.15, -0.1) is 0 Å². The van der Waals surface area contributed by atoms with E-state index in [0.717, 1.165) is 11.1 Å². The third-order valence-electron chi connectivity index (χ3n) is 3.21. The summed E-state index contributed by atoms with van der Waals surface area (Å²) in [6, 6.07) is 12.0. The Hall–Kier alpha value is -2.01. The Bertz CT molecular complexity index is 724. The summed E-state index contributed by atoms with van der Waals surface area (Å²) < 4.78 is 32.6. The summed E-state index contributed by atoms with van der Waals surface area (Å²) in [7, 11) is -2.22. The quantitative estimate of drug-likeness (QED) is 0.941. The van der Waals surface area contributed by atoms with Gasteiger partial charge in [0.05, 0.1) is 12.8 Å². The van der Waals surface area contributed by atoms with Crippen molar-refractivity contribution >= 4 is 15.7 Å². The number of hydrogen-bond donors (Lipinski definition) is 1. The molecule has 0 saturated carbocycles. The van der Waals surface area contributed by atoms with Crippen molar-refractivity contribution in [3.63, 3.8) is 0 Å². The van der Waals surface area contributed by atoms with E-state index in [0.29, 0.717) is 11.4 Å². The Kier molecular flexibility index (Phi) is 3.99.